The van der Waals surface area contributed by atoms with Gasteiger partial charge in [0.25, 0.3) is 30.4 Å². The van der Waals surface area contributed by atoms with Crippen molar-refractivity contribution in [3.8, 4) is 0 Å². The molecule has 0 aromatic heterocycles. The fourth-order valence-corrected chi connectivity index (χ4v) is 5.94. The smallest absolute Gasteiger partial charge is 0.264 e. The first kappa shape index (κ1) is 67.2. The van der Waals surface area contributed by atoms with E-state index >= 15 is 0 Å². The van der Waals surface area contributed by atoms with E-state index in [1.807, 2.05) is 6.92 Å². The Hall–Kier alpha value is -0.910. The molecule has 0 bridgehead atoms. The van der Waals surface area contributed by atoms with E-state index in [1.54, 1.807) is 0 Å². The van der Waals surface area contributed by atoms with E-state index in [0.29, 0.717) is 46.2 Å². The quantitative estimate of drug-likeness (QED) is 0.0360. The average molecular weight is 1030 g/mol. The summed E-state index contributed by atoms with van der Waals surface area (Å²) >= 11 is 0. The molecule has 0 spiro atoms. The molecular formula is C38H80O25S3. The van der Waals surface area contributed by atoms with Crippen LogP contribution in [0, 0.1) is 10.8 Å². The first-order valence-electron chi connectivity index (χ1n) is 21.3. The minimum absolute atomic E-state index is 0.0327. The highest BCUT2D eigenvalue weighted by Gasteiger charge is 2.34. The molecule has 400 valence electrons. The van der Waals surface area contributed by atoms with Gasteiger partial charge in [-0.05, 0) is 6.42 Å². The molecule has 0 aliphatic heterocycles. The van der Waals surface area contributed by atoms with E-state index < -0.39 is 41.2 Å². The van der Waals surface area contributed by atoms with Crippen molar-refractivity contribution in [1.82, 2.24) is 0 Å². The van der Waals surface area contributed by atoms with Gasteiger partial charge in [-0.25, -0.2) is 0 Å². The van der Waals surface area contributed by atoms with Gasteiger partial charge in [0, 0.05) is 6.61 Å². The van der Waals surface area contributed by atoms with Crippen molar-refractivity contribution >= 4 is 30.4 Å². The Morgan fingerprint density at radius 1 is 0.288 bits per heavy atom. The van der Waals surface area contributed by atoms with Crippen LogP contribution in [0.15, 0.2) is 0 Å². The van der Waals surface area contributed by atoms with Crippen LogP contribution in [-0.4, -0.2) is 269 Å². The number of aliphatic hydroxyl groups excluding tert-OH is 4. The summed E-state index contributed by atoms with van der Waals surface area (Å²) in [4.78, 5) is 0. The molecule has 0 atom stereocenters. The van der Waals surface area contributed by atoms with Gasteiger partial charge < -0.3 is 77.3 Å². The van der Waals surface area contributed by atoms with Crippen molar-refractivity contribution in [3.05, 3.63) is 0 Å². The largest absolute Gasteiger partial charge is 0.394 e. The SMILES string of the molecule is CCCOCCOCC(COCCOCCOS(C)(=O)=O)(COCCOS(C)(=O)=O)COCCOS(C)(=O)=O.OCCOCCOCC(COCCO)(COCCO)COCCOCCO. The van der Waals surface area contributed by atoms with E-state index in [-0.39, 0.29) is 159 Å². The Morgan fingerprint density at radius 2 is 0.470 bits per heavy atom. The van der Waals surface area contributed by atoms with Crippen molar-refractivity contribution in [2.45, 2.75) is 13.3 Å². The van der Waals surface area contributed by atoms with Crippen molar-refractivity contribution in [3.63, 3.8) is 0 Å². The number of hydrogen-bond acceptors (Lipinski definition) is 25. The standard InChI is InChI=1S/C21H44O15S3.C17H36O10/c1-5-6-28-7-9-30-17-21(19-32-12-15-35-38(3,24)25,20-33-13-16-36-39(4,26)27)18-31-10-8-29-11-14-34-37(2,22)23;18-1-5-22-9-11-26-15-17(13-24-7-3-20,14-25-8-4-21)16-27-12-10-23-6-2-19/h5-20H2,1-4H3;18-21H,1-16H2. The van der Waals surface area contributed by atoms with Crippen LogP contribution in [0.5, 0.6) is 0 Å². The van der Waals surface area contributed by atoms with Crippen LogP contribution >= 0.6 is 0 Å². The zero-order chi connectivity index (χ0) is 49.7. The summed E-state index contributed by atoms with van der Waals surface area (Å²) in [6.45, 7) is 6.29. The molecule has 0 heterocycles. The molecule has 66 heavy (non-hydrogen) atoms. The third-order valence-corrected chi connectivity index (χ3v) is 9.40. The predicted octanol–water partition coefficient (Wildman–Crippen LogP) is -2.55. The summed E-state index contributed by atoms with van der Waals surface area (Å²) in [5, 5.41) is 35.3. The van der Waals surface area contributed by atoms with Gasteiger partial charge in [-0.2, -0.15) is 25.3 Å². The summed E-state index contributed by atoms with van der Waals surface area (Å²) < 4.78 is 147. The number of ether oxygens (including phenoxy) is 12. The van der Waals surface area contributed by atoms with E-state index in [4.69, 9.17) is 85.6 Å². The molecule has 28 heteroatoms. The molecule has 0 fully saturated rings. The molecule has 0 aromatic rings. The van der Waals surface area contributed by atoms with Crippen molar-refractivity contribution in [1.29, 1.82) is 0 Å². The lowest BCUT2D eigenvalue weighted by molar-refractivity contribution is -0.119. The highest BCUT2D eigenvalue weighted by molar-refractivity contribution is 7.86. The molecule has 0 rings (SSSR count). The van der Waals surface area contributed by atoms with Gasteiger partial charge in [0.1, 0.15) is 0 Å². The van der Waals surface area contributed by atoms with Crippen LogP contribution in [-0.2, 0) is 99.7 Å². The van der Waals surface area contributed by atoms with Gasteiger partial charge in [0.05, 0.1) is 228 Å². The molecule has 0 saturated heterocycles. The lowest BCUT2D eigenvalue weighted by Crippen LogP contribution is -2.43. The Labute approximate surface area is 392 Å². The molecular weight excluding hydrogens is 953 g/mol. The van der Waals surface area contributed by atoms with Crippen molar-refractivity contribution in [2.24, 2.45) is 10.8 Å². The normalized spacial score (nSPS) is 12.7. The maximum absolute atomic E-state index is 11.2. The Balaban J connectivity index is 0. The summed E-state index contributed by atoms with van der Waals surface area (Å²) in [5.74, 6) is 0. The van der Waals surface area contributed by atoms with Crippen molar-refractivity contribution < 1.29 is 115 Å². The highest BCUT2D eigenvalue weighted by atomic mass is 32.2. The highest BCUT2D eigenvalue weighted by Crippen LogP contribution is 2.22. The molecule has 0 unspecified atom stereocenters. The number of hydrogen-bond donors (Lipinski definition) is 4. The minimum Gasteiger partial charge on any atom is -0.394 e. The third-order valence-electron chi connectivity index (χ3n) is 7.62. The molecule has 0 aliphatic carbocycles. The van der Waals surface area contributed by atoms with Gasteiger partial charge in [0.2, 0.25) is 0 Å². The Bertz CT molecular complexity index is 1320. The van der Waals surface area contributed by atoms with E-state index in [9.17, 15) is 25.3 Å². The maximum atomic E-state index is 11.2. The third kappa shape index (κ3) is 48.1. The van der Waals surface area contributed by atoms with Crippen molar-refractivity contribution in [2.75, 3.05) is 224 Å². The molecule has 4 N–H and O–H groups in total. The summed E-state index contributed by atoms with van der Waals surface area (Å²) in [6, 6.07) is 0. The van der Waals surface area contributed by atoms with Crippen LogP contribution in [0.4, 0.5) is 0 Å². The molecule has 0 radical (unpaired) electrons. The molecule has 0 amide bonds. The maximum Gasteiger partial charge on any atom is 0.264 e. The zero-order valence-electron chi connectivity index (χ0n) is 39.2. The van der Waals surface area contributed by atoms with Gasteiger partial charge >= 0.3 is 0 Å². The second-order valence-electron chi connectivity index (χ2n) is 14.3. The fourth-order valence-electron chi connectivity index (χ4n) is 4.82. The Morgan fingerprint density at radius 3 is 0.712 bits per heavy atom. The molecule has 0 aliphatic rings. The first-order chi connectivity index (χ1) is 31.4. The summed E-state index contributed by atoms with van der Waals surface area (Å²) in [5.41, 5.74) is -1.50. The topological polar surface area (TPSA) is 322 Å². The minimum atomic E-state index is -3.62. The van der Waals surface area contributed by atoms with Gasteiger partial charge in [-0.3, -0.25) is 12.5 Å². The summed E-state index contributed by atoms with van der Waals surface area (Å²) in [7, 11) is -10.8. The Kier molecular flexibility index (Phi) is 44.8. The average Bonchev–Trinajstić information content (AvgIpc) is 3.24. The first-order valence-corrected chi connectivity index (χ1v) is 26.8. The second kappa shape index (κ2) is 44.1. The van der Waals surface area contributed by atoms with Gasteiger partial charge in [0.15, 0.2) is 0 Å². The van der Waals surface area contributed by atoms with Crippen LogP contribution in [0.2, 0.25) is 0 Å². The van der Waals surface area contributed by atoms with E-state index in [0.717, 1.165) is 25.2 Å². The van der Waals surface area contributed by atoms with Crippen LogP contribution in [0.1, 0.15) is 13.3 Å². The van der Waals surface area contributed by atoms with Crippen LogP contribution < -0.4 is 0 Å². The fraction of sp³-hybridized carbons (Fsp3) is 1.00. The van der Waals surface area contributed by atoms with Gasteiger partial charge in [-0.1, -0.05) is 6.92 Å². The lowest BCUT2D eigenvalue weighted by atomic mass is 9.92. The number of rotatable bonds is 50. The monoisotopic (exact) mass is 1030 g/mol. The zero-order valence-corrected chi connectivity index (χ0v) is 41.7. The van der Waals surface area contributed by atoms with E-state index in [1.165, 1.54) is 0 Å². The van der Waals surface area contributed by atoms with Crippen LogP contribution in [0.3, 0.4) is 0 Å². The lowest BCUT2D eigenvalue weighted by Gasteiger charge is -2.33. The predicted molar refractivity (Wildman–Crippen MR) is 236 cm³/mol. The summed E-state index contributed by atoms with van der Waals surface area (Å²) in [6.07, 6.45) is 3.67. The second-order valence-corrected chi connectivity index (χ2v) is 19.3. The van der Waals surface area contributed by atoms with E-state index in [2.05, 4.69) is 4.18 Å². The molecule has 25 nitrogen and oxygen atoms in total. The van der Waals surface area contributed by atoms with Gasteiger partial charge in [-0.15, -0.1) is 0 Å². The molecule has 0 aromatic carbocycles. The number of aliphatic hydroxyl groups is 4. The molecule has 0 saturated carbocycles. The van der Waals surface area contributed by atoms with Crippen LogP contribution in [0.25, 0.3) is 0 Å².